The molecule has 6 nitrogen and oxygen atoms in total. The number of nitrogens with one attached hydrogen (secondary N) is 1. The number of halogens is 1. The van der Waals surface area contributed by atoms with Crippen LogP contribution in [0.4, 0.5) is 10.5 Å². The van der Waals surface area contributed by atoms with Gasteiger partial charge in [0.05, 0.1) is 20.7 Å². The maximum Gasteiger partial charge on any atom is 0.321 e. The van der Waals surface area contributed by atoms with Gasteiger partial charge in [-0.15, -0.1) is 0 Å². The lowest BCUT2D eigenvalue weighted by atomic mass is 10.1. The van der Waals surface area contributed by atoms with E-state index in [0.717, 1.165) is 6.42 Å². The Balaban J connectivity index is 1.73. The summed E-state index contributed by atoms with van der Waals surface area (Å²) in [5.74, 6) is 0. The van der Waals surface area contributed by atoms with Gasteiger partial charge < -0.3 is 10.2 Å². The number of urea groups is 1. The number of carbonyl (C=O) groups is 1. The molecular formula is C13H16BrN3O3S. The summed E-state index contributed by atoms with van der Waals surface area (Å²) < 4.78 is 25.1. The SMILES string of the molecule is O=C(Nc1ccncc1Br)N1CCC2CCC(C1)S2(=O)=O. The van der Waals surface area contributed by atoms with Crippen molar-refractivity contribution in [3.63, 3.8) is 0 Å². The minimum absolute atomic E-state index is 0.260. The summed E-state index contributed by atoms with van der Waals surface area (Å²) in [6, 6.07) is 1.44. The lowest BCUT2D eigenvalue weighted by molar-refractivity contribution is 0.209. The number of anilines is 1. The smallest absolute Gasteiger partial charge is 0.321 e. The fourth-order valence-electron chi connectivity index (χ4n) is 2.97. The molecule has 0 aromatic carbocycles. The van der Waals surface area contributed by atoms with Gasteiger partial charge >= 0.3 is 6.03 Å². The Kier molecular flexibility index (Phi) is 3.92. The molecule has 2 atom stereocenters. The monoisotopic (exact) mass is 373 g/mol. The van der Waals surface area contributed by atoms with E-state index in [1.54, 1.807) is 23.4 Å². The van der Waals surface area contributed by atoms with E-state index in [-0.39, 0.29) is 17.8 Å². The third-order valence-electron chi connectivity index (χ3n) is 4.19. The topological polar surface area (TPSA) is 79.4 Å². The second-order valence-corrected chi connectivity index (χ2v) is 8.80. The second-order valence-electron chi connectivity index (χ2n) is 5.43. The van der Waals surface area contributed by atoms with Gasteiger partial charge in [0.1, 0.15) is 0 Å². The van der Waals surface area contributed by atoms with E-state index in [2.05, 4.69) is 26.2 Å². The van der Waals surface area contributed by atoms with Crippen molar-refractivity contribution in [2.45, 2.75) is 29.8 Å². The molecule has 2 fully saturated rings. The molecule has 1 aromatic rings. The van der Waals surface area contributed by atoms with E-state index in [1.807, 2.05) is 0 Å². The van der Waals surface area contributed by atoms with Gasteiger partial charge in [0, 0.05) is 25.5 Å². The Morgan fingerprint density at radius 3 is 2.86 bits per heavy atom. The molecule has 3 heterocycles. The molecule has 21 heavy (non-hydrogen) atoms. The normalized spacial score (nSPS) is 27.2. The maximum atomic E-state index is 12.3. The van der Waals surface area contributed by atoms with Crippen LogP contribution in [0.3, 0.4) is 0 Å². The highest BCUT2D eigenvalue weighted by Gasteiger charge is 2.44. The average Bonchev–Trinajstić information content (AvgIpc) is 2.60. The molecule has 3 rings (SSSR count). The van der Waals surface area contributed by atoms with Crippen LogP contribution in [0.25, 0.3) is 0 Å². The number of likely N-dealkylation sites (tertiary alicyclic amines) is 1. The first-order chi connectivity index (χ1) is 9.98. The summed E-state index contributed by atoms with van der Waals surface area (Å²) >= 11 is 3.32. The average molecular weight is 374 g/mol. The fraction of sp³-hybridized carbons (Fsp3) is 0.538. The molecule has 114 valence electrons. The van der Waals surface area contributed by atoms with Crippen LogP contribution >= 0.6 is 15.9 Å². The highest BCUT2D eigenvalue weighted by molar-refractivity contribution is 9.10. The first-order valence-corrected chi connectivity index (χ1v) is 9.27. The third-order valence-corrected chi connectivity index (χ3v) is 7.53. The largest absolute Gasteiger partial charge is 0.323 e. The number of amides is 2. The number of sulfone groups is 1. The molecule has 2 aliphatic rings. The van der Waals surface area contributed by atoms with E-state index >= 15 is 0 Å². The van der Waals surface area contributed by atoms with E-state index in [9.17, 15) is 13.2 Å². The first-order valence-electron chi connectivity index (χ1n) is 6.86. The number of carbonyl (C=O) groups excluding carboxylic acids is 1. The van der Waals surface area contributed by atoms with Crippen molar-refractivity contribution in [1.82, 2.24) is 9.88 Å². The molecule has 0 spiro atoms. The molecule has 0 saturated carbocycles. The molecule has 2 bridgehead atoms. The van der Waals surface area contributed by atoms with Gasteiger partial charge in [-0.3, -0.25) is 4.98 Å². The fourth-order valence-corrected chi connectivity index (χ4v) is 5.61. The van der Waals surface area contributed by atoms with Crippen LogP contribution in [0.2, 0.25) is 0 Å². The van der Waals surface area contributed by atoms with E-state index < -0.39 is 15.1 Å². The number of pyridine rings is 1. The summed E-state index contributed by atoms with van der Waals surface area (Å²) in [4.78, 5) is 17.9. The van der Waals surface area contributed by atoms with Crippen molar-refractivity contribution in [2.24, 2.45) is 0 Å². The van der Waals surface area contributed by atoms with Crippen LogP contribution in [0.15, 0.2) is 22.9 Å². The Morgan fingerprint density at radius 2 is 2.10 bits per heavy atom. The number of hydrogen-bond donors (Lipinski definition) is 1. The Labute approximate surface area is 132 Å². The standard InChI is InChI=1S/C13H16BrN3O3S/c14-11-7-15-5-3-12(11)16-13(18)17-6-4-9-1-2-10(8-17)21(9,19)20/h3,5,7,9-10H,1-2,4,6,8H2,(H,15,16,18). The predicted molar refractivity (Wildman–Crippen MR) is 82.9 cm³/mol. The van der Waals surface area contributed by atoms with Gasteiger partial charge in [-0.25, -0.2) is 13.2 Å². The molecule has 0 radical (unpaired) electrons. The van der Waals surface area contributed by atoms with Gasteiger partial charge in [-0.05, 0) is 41.3 Å². The number of rotatable bonds is 1. The van der Waals surface area contributed by atoms with Gasteiger partial charge in [0.15, 0.2) is 9.84 Å². The maximum absolute atomic E-state index is 12.3. The van der Waals surface area contributed by atoms with Gasteiger partial charge in [-0.1, -0.05) is 0 Å². The molecule has 2 aliphatic heterocycles. The van der Waals surface area contributed by atoms with Crippen molar-refractivity contribution < 1.29 is 13.2 Å². The van der Waals surface area contributed by atoms with Crippen LogP contribution in [0.1, 0.15) is 19.3 Å². The quantitative estimate of drug-likeness (QED) is 0.816. The third kappa shape index (κ3) is 2.78. The molecule has 1 aromatic heterocycles. The molecule has 0 aliphatic carbocycles. The minimum Gasteiger partial charge on any atom is -0.323 e. The number of aromatic nitrogens is 1. The lowest BCUT2D eigenvalue weighted by Gasteiger charge is -2.24. The zero-order valence-corrected chi connectivity index (χ0v) is 13.7. The van der Waals surface area contributed by atoms with Crippen molar-refractivity contribution >= 4 is 37.5 Å². The molecule has 1 N–H and O–H groups in total. The highest BCUT2D eigenvalue weighted by atomic mass is 79.9. The Bertz CT molecular complexity index is 664. The van der Waals surface area contributed by atoms with E-state index in [0.29, 0.717) is 29.5 Å². The summed E-state index contributed by atoms with van der Waals surface area (Å²) in [6.07, 6.45) is 5.12. The van der Waals surface area contributed by atoms with Crippen LogP contribution in [-0.2, 0) is 9.84 Å². The summed E-state index contributed by atoms with van der Waals surface area (Å²) in [6.45, 7) is 0.766. The molecule has 2 unspecified atom stereocenters. The second kappa shape index (κ2) is 5.57. The molecular weight excluding hydrogens is 358 g/mol. The number of hydrogen-bond acceptors (Lipinski definition) is 4. The summed E-state index contributed by atoms with van der Waals surface area (Å²) in [7, 11) is -3.05. The van der Waals surface area contributed by atoms with Gasteiger partial charge in [-0.2, -0.15) is 0 Å². The van der Waals surface area contributed by atoms with Crippen LogP contribution in [0, 0.1) is 0 Å². The van der Waals surface area contributed by atoms with Crippen molar-refractivity contribution in [3.05, 3.63) is 22.9 Å². The highest BCUT2D eigenvalue weighted by Crippen LogP contribution is 2.33. The zero-order valence-electron chi connectivity index (χ0n) is 11.3. The van der Waals surface area contributed by atoms with Crippen molar-refractivity contribution in [3.8, 4) is 0 Å². The van der Waals surface area contributed by atoms with Crippen LogP contribution in [-0.4, -0.2) is 47.9 Å². The van der Waals surface area contributed by atoms with Crippen molar-refractivity contribution in [1.29, 1.82) is 0 Å². The number of nitrogens with zero attached hydrogens (tertiary/aromatic N) is 2. The summed E-state index contributed by atoms with van der Waals surface area (Å²) in [5, 5.41) is 2.12. The number of fused-ring (bicyclic) bond motifs is 2. The minimum atomic E-state index is -3.05. The Morgan fingerprint density at radius 1 is 1.33 bits per heavy atom. The van der Waals surface area contributed by atoms with E-state index in [1.165, 1.54) is 0 Å². The van der Waals surface area contributed by atoms with E-state index in [4.69, 9.17) is 0 Å². The Hall–Kier alpha value is -1.15. The van der Waals surface area contributed by atoms with Gasteiger partial charge in [0.2, 0.25) is 0 Å². The lowest BCUT2D eigenvalue weighted by Crippen LogP contribution is -2.40. The van der Waals surface area contributed by atoms with Crippen LogP contribution < -0.4 is 5.32 Å². The van der Waals surface area contributed by atoms with Gasteiger partial charge in [0.25, 0.3) is 0 Å². The van der Waals surface area contributed by atoms with Crippen LogP contribution in [0.5, 0.6) is 0 Å². The predicted octanol–water partition coefficient (Wildman–Crippen LogP) is 2.03. The summed E-state index contributed by atoms with van der Waals surface area (Å²) in [5.41, 5.74) is 0.632. The molecule has 8 heteroatoms. The zero-order chi connectivity index (χ0) is 15.0. The van der Waals surface area contributed by atoms with Crippen molar-refractivity contribution in [2.75, 3.05) is 18.4 Å². The molecule has 2 amide bonds. The first kappa shape index (κ1) is 14.8. The molecule has 2 saturated heterocycles.